The molecule has 0 aliphatic heterocycles. The lowest BCUT2D eigenvalue weighted by molar-refractivity contribution is -0.144. The summed E-state index contributed by atoms with van der Waals surface area (Å²) < 4.78 is 6.04. The summed E-state index contributed by atoms with van der Waals surface area (Å²) in [6, 6.07) is 9.38. The third kappa shape index (κ3) is 3.23. The zero-order valence-electron chi connectivity index (χ0n) is 11.0. The first-order chi connectivity index (χ1) is 9.61. The van der Waals surface area contributed by atoms with Gasteiger partial charge >= 0.3 is 5.97 Å². The molecule has 0 amide bonds. The quantitative estimate of drug-likeness (QED) is 0.790. The van der Waals surface area contributed by atoms with Crippen molar-refractivity contribution in [3.8, 4) is 5.69 Å². The number of nitrogens with zero attached hydrogens (tertiary/aromatic N) is 2. The Morgan fingerprint density at radius 3 is 2.70 bits per heavy atom. The van der Waals surface area contributed by atoms with Crippen molar-refractivity contribution < 1.29 is 19.7 Å². The summed E-state index contributed by atoms with van der Waals surface area (Å²) in [5.74, 6) is -0.577. The first kappa shape index (κ1) is 14.2. The van der Waals surface area contributed by atoms with Crippen molar-refractivity contribution in [1.29, 1.82) is 0 Å². The van der Waals surface area contributed by atoms with E-state index in [2.05, 4.69) is 9.84 Å². The number of aliphatic hydroxyl groups is 2. The van der Waals surface area contributed by atoms with Crippen molar-refractivity contribution >= 4 is 5.97 Å². The molecule has 2 rings (SSSR count). The van der Waals surface area contributed by atoms with Gasteiger partial charge in [-0.25, -0.2) is 4.68 Å². The standard InChI is InChI=1S/C14H16N2O4/c1-20-13(18)7-12(17)14(19)10-8-15-16(9-10)11-5-3-2-4-6-11/h2-6,8-9,12,14,17,19H,7H2,1H3. The number of carbonyl (C=O) groups excluding carboxylic acids is 1. The molecular weight excluding hydrogens is 260 g/mol. The maximum absolute atomic E-state index is 11.1. The zero-order chi connectivity index (χ0) is 14.5. The summed E-state index contributed by atoms with van der Waals surface area (Å²) in [7, 11) is 1.23. The van der Waals surface area contributed by atoms with Gasteiger partial charge in [-0.2, -0.15) is 5.10 Å². The minimum Gasteiger partial charge on any atom is -0.469 e. The smallest absolute Gasteiger partial charge is 0.308 e. The topological polar surface area (TPSA) is 84.6 Å². The highest BCUT2D eigenvalue weighted by molar-refractivity contribution is 5.69. The Morgan fingerprint density at radius 2 is 2.05 bits per heavy atom. The average Bonchev–Trinajstić information content (AvgIpc) is 2.97. The Labute approximate surface area is 116 Å². The summed E-state index contributed by atoms with van der Waals surface area (Å²) >= 11 is 0. The van der Waals surface area contributed by atoms with Crippen molar-refractivity contribution in [2.24, 2.45) is 0 Å². The third-order valence-corrected chi connectivity index (χ3v) is 2.93. The molecule has 0 aliphatic carbocycles. The molecule has 2 N–H and O–H groups in total. The molecule has 0 saturated carbocycles. The van der Waals surface area contributed by atoms with Crippen LogP contribution in [0.2, 0.25) is 0 Å². The lowest BCUT2D eigenvalue weighted by atomic mass is 10.1. The second-order valence-electron chi connectivity index (χ2n) is 4.35. The first-order valence-electron chi connectivity index (χ1n) is 6.14. The van der Waals surface area contributed by atoms with Gasteiger partial charge in [0, 0.05) is 11.8 Å². The number of aromatic nitrogens is 2. The molecule has 0 aliphatic rings. The van der Waals surface area contributed by atoms with Gasteiger partial charge in [-0.05, 0) is 12.1 Å². The Balaban J connectivity index is 2.10. The number of carbonyl (C=O) groups is 1. The van der Waals surface area contributed by atoms with Crippen molar-refractivity contribution in [3.05, 3.63) is 48.3 Å². The summed E-state index contributed by atoms with van der Waals surface area (Å²) in [5, 5.41) is 23.9. The molecule has 0 radical (unpaired) electrons. The molecule has 1 aromatic carbocycles. The van der Waals surface area contributed by atoms with E-state index in [1.54, 1.807) is 10.9 Å². The number of para-hydroxylation sites is 1. The van der Waals surface area contributed by atoms with Gasteiger partial charge in [0.25, 0.3) is 0 Å². The van der Waals surface area contributed by atoms with Crippen LogP contribution in [0, 0.1) is 0 Å². The Morgan fingerprint density at radius 1 is 1.35 bits per heavy atom. The lowest BCUT2D eigenvalue weighted by Gasteiger charge is -2.14. The maximum Gasteiger partial charge on any atom is 0.308 e. The van der Waals surface area contributed by atoms with Gasteiger partial charge in [-0.3, -0.25) is 4.79 Å². The molecule has 0 fully saturated rings. The van der Waals surface area contributed by atoms with E-state index < -0.39 is 18.2 Å². The van der Waals surface area contributed by atoms with Crippen LogP contribution in [0.25, 0.3) is 5.69 Å². The monoisotopic (exact) mass is 276 g/mol. The lowest BCUT2D eigenvalue weighted by Crippen LogP contribution is -2.22. The van der Waals surface area contributed by atoms with Crippen molar-refractivity contribution in [1.82, 2.24) is 9.78 Å². The second kappa shape index (κ2) is 6.31. The Kier molecular flexibility index (Phi) is 4.49. The molecule has 6 heteroatoms. The molecule has 106 valence electrons. The Bertz CT molecular complexity index is 568. The van der Waals surface area contributed by atoms with Crippen LogP contribution in [0.5, 0.6) is 0 Å². The van der Waals surface area contributed by atoms with Crippen LogP contribution in [-0.2, 0) is 9.53 Å². The van der Waals surface area contributed by atoms with Crippen LogP contribution in [0.15, 0.2) is 42.7 Å². The van der Waals surface area contributed by atoms with Crippen LogP contribution in [0.4, 0.5) is 0 Å². The highest BCUT2D eigenvalue weighted by Crippen LogP contribution is 2.20. The molecule has 0 saturated heterocycles. The molecule has 1 heterocycles. The second-order valence-corrected chi connectivity index (χ2v) is 4.35. The van der Waals surface area contributed by atoms with Crippen LogP contribution >= 0.6 is 0 Å². The van der Waals surface area contributed by atoms with Gasteiger partial charge in [-0.15, -0.1) is 0 Å². The number of rotatable bonds is 5. The van der Waals surface area contributed by atoms with E-state index in [4.69, 9.17) is 0 Å². The Hall–Kier alpha value is -2.18. The number of aliphatic hydroxyl groups excluding tert-OH is 2. The van der Waals surface area contributed by atoms with E-state index in [1.807, 2.05) is 30.3 Å². The highest BCUT2D eigenvalue weighted by atomic mass is 16.5. The molecule has 20 heavy (non-hydrogen) atoms. The van der Waals surface area contributed by atoms with E-state index in [1.165, 1.54) is 13.3 Å². The van der Waals surface area contributed by atoms with Crippen LogP contribution in [-0.4, -0.2) is 39.2 Å². The largest absolute Gasteiger partial charge is 0.469 e. The average molecular weight is 276 g/mol. The zero-order valence-corrected chi connectivity index (χ0v) is 11.0. The van der Waals surface area contributed by atoms with Gasteiger partial charge < -0.3 is 14.9 Å². The number of hydrogen-bond acceptors (Lipinski definition) is 5. The van der Waals surface area contributed by atoms with E-state index in [0.717, 1.165) is 5.69 Å². The number of ether oxygens (including phenoxy) is 1. The van der Waals surface area contributed by atoms with E-state index in [9.17, 15) is 15.0 Å². The van der Waals surface area contributed by atoms with Crippen molar-refractivity contribution in [2.45, 2.75) is 18.6 Å². The molecule has 2 unspecified atom stereocenters. The molecule has 6 nitrogen and oxygen atoms in total. The van der Waals surface area contributed by atoms with E-state index >= 15 is 0 Å². The fourth-order valence-corrected chi connectivity index (χ4v) is 1.80. The molecular formula is C14H16N2O4. The fourth-order valence-electron chi connectivity index (χ4n) is 1.80. The van der Waals surface area contributed by atoms with Gasteiger partial charge in [0.05, 0.1) is 31.5 Å². The number of methoxy groups -OCH3 is 1. The van der Waals surface area contributed by atoms with Crippen LogP contribution in [0.3, 0.4) is 0 Å². The third-order valence-electron chi connectivity index (χ3n) is 2.93. The van der Waals surface area contributed by atoms with E-state index in [0.29, 0.717) is 5.56 Å². The minimum absolute atomic E-state index is 0.270. The van der Waals surface area contributed by atoms with Crippen molar-refractivity contribution in [3.63, 3.8) is 0 Å². The summed E-state index contributed by atoms with van der Waals surface area (Å²) in [6.07, 6.45) is 0.384. The SMILES string of the molecule is COC(=O)CC(O)C(O)c1cnn(-c2ccccc2)c1. The molecule has 2 atom stereocenters. The van der Waals surface area contributed by atoms with Gasteiger partial charge in [0.1, 0.15) is 6.10 Å². The number of esters is 1. The minimum atomic E-state index is -1.23. The summed E-state index contributed by atoms with van der Waals surface area (Å²) in [4.78, 5) is 11.1. The molecule has 2 aromatic rings. The summed E-state index contributed by atoms with van der Waals surface area (Å²) in [5.41, 5.74) is 1.28. The predicted octanol–water partition coefficient (Wildman–Crippen LogP) is 0.830. The molecule has 1 aromatic heterocycles. The van der Waals surface area contributed by atoms with Gasteiger partial charge in [0.2, 0.25) is 0 Å². The summed E-state index contributed by atoms with van der Waals surface area (Å²) in [6.45, 7) is 0. The van der Waals surface area contributed by atoms with Crippen LogP contribution in [0.1, 0.15) is 18.1 Å². The van der Waals surface area contributed by atoms with E-state index in [-0.39, 0.29) is 6.42 Å². The first-order valence-corrected chi connectivity index (χ1v) is 6.14. The van der Waals surface area contributed by atoms with Gasteiger partial charge in [-0.1, -0.05) is 18.2 Å². The van der Waals surface area contributed by atoms with Crippen molar-refractivity contribution in [2.75, 3.05) is 7.11 Å². The number of hydrogen-bond donors (Lipinski definition) is 2. The molecule has 0 spiro atoms. The predicted molar refractivity (Wildman–Crippen MR) is 71.2 cm³/mol. The van der Waals surface area contributed by atoms with Gasteiger partial charge in [0.15, 0.2) is 0 Å². The number of benzene rings is 1. The maximum atomic E-state index is 11.1. The molecule has 0 bridgehead atoms. The fraction of sp³-hybridized carbons (Fsp3) is 0.286. The normalized spacial score (nSPS) is 13.8. The van der Waals surface area contributed by atoms with Crippen LogP contribution < -0.4 is 0 Å². The highest BCUT2D eigenvalue weighted by Gasteiger charge is 2.23.